The Labute approximate surface area is 175 Å². The first-order valence-corrected chi connectivity index (χ1v) is 10.4. The molecule has 0 saturated carbocycles. The highest BCUT2D eigenvalue weighted by atomic mass is 16.5. The van der Waals surface area contributed by atoms with Crippen molar-refractivity contribution in [1.82, 2.24) is 20.4 Å². The van der Waals surface area contributed by atoms with Gasteiger partial charge in [0, 0.05) is 19.6 Å². The Morgan fingerprint density at radius 2 is 2.20 bits per heavy atom. The monoisotopic (exact) mass is 409 g/mol. The number of amides is 1. The van der Waals surface area contributed by atoms with Crippen LogP contribution in [-0.2, 0) is 17.6 Å². The molecule has 8 nitrogen and oxygen atoms in total. The quantitative estimate of drug-likeness (QED) is 0.641. The van der Waals surface area contributed by atoms with E-state index in [9.17, 15) is 4.79 Å². The van der Waals surface area contributed by atoms with Crippen molar-refractivity contribution in [2.45, 2.75) is 32.6 Å². The third-order valence-electron chi connectivity index (χ3n) is 5.64. The van der Waals surface area contributed by atoms with Crippen molar-refractivity contribution in [2.75, 3.05) is 31.6 Å². The number of hydrogen-bond donors (Lipinski definition) is 1. The van der Waals surface area contributed by atoms with E-state index in [1.165, 1.54) is 6.33 Å². The van der Waals surface area contributed by atoms with Crippen LogP contribution in [0.25, 0.3) is 11.1 Å². The van der Waals surface area contributed by atoms with Crippen LogP contribution in [-0.4, -0.2) is 47.8 Å². The standard InChI is InChI=1S/C22H27N5O3/c1-3-17-19-20(24-14-25-22(19)30-26-17)27-12-6-8-16(13-27)21(28)23-11-10-15-7-4-5-9-18(15)29-2/h4-5,7,9,14,16H,3,6,8,10-13H2,1-2H3,(H,23,28)/t16-/m0/s1. The Kier molecular flexibility index (Phi) is 6.11. The number of aromatic nitrogens is 3. The second-order valence-corrected chi connectivity index (χ2v) is 7.50. The number of para-hydroxylation sites is 1. The number of ether oxygens (including phenoxy) is 1. The average molecular weight is 409 g/mol. The summed E-state index contributed by atoms with van der Waals surface area (Å²) in [6.07, 6.45) is 4.78. The topological polar surface area (TPSA) is 93.4 Å². The third-order valence-corrected chi connectivity index (χ3v) is 5.64. The van der Waals surface area contributed by atoms with Crippen LogP contribution in [0, 0.1) is 5.92 Å². The van der Waals surface area contributed by atoms with Gasteiger partial charge in [-0.15, -0.1) is 0 Å². The Morgan fingerprint density at radius 1 is 1.33 bits per heavy atom. The van der Waals surface area contributed by atoms with Crippen molar-refractivity contribution < 1.29 is 14.1 Å². The van der Waals surface area contributed by atoms with Crippen LogP contribution < -0.4 is 15.0 Å². The third kappa shape index (κ3) is 4.08. The van der Waals surface area contributed by atoms with E-state index in [4.69, 9.17) is 9.26 Å². The van der Waals surface area contributed by atoms with Crippen molar-refractivity contribution in [3.8, 4) is 5.75 Å². The predicted octanol–water partition coefficient (Wildman–Crippen LogP) is 2.76. The molecule has 3 aromatic rings. The lowest BCUT2D eigenvalue weighted by Crippen LogP contribution is -2.44. The Morgan fingerprint density at radius 3 is 3.03 bits per heavy atom. The van der Waals surface area contributed by atoms with Gasteiger partial charge in [-0.25, -0.2) is 4.98 Å². The first kappa shape index (κ1) is 20.1. The first-order valence-electron chi connectivity index (χ1n) is 10.4. The number of rotatable bonds is 7. The molecular formula is C22H27N5O3. The van der Waals surface area contributed by atoms with Crippen molar-refractivity contribution in [3.05, 3.63) is 41.9 Å². The van der Waals surface area contributed by atoms with Crippen LogP contribution in [0.4, 0.5) is 5.82 Å². The molecule has 1 saturated heterocycles. The van der Waals surface area contributed by atoms with Gasteiger partial charge in [-0.1, -0.05) is 30.3 Å². The summed E-state index contributed by atoms with van der Waals surface area (Å²) < 4.78 is 10.7. The predicted molar refractivity (Wildman–Crippen MR) is 114 cm³/mol. The van der Waals surface area contributed by atoms with Crippen LogP contribution >= 0.6 is 0 Å². The smallest absolute Gasteiger partial charge is 0.263 e. The summed E-state index contributed by atoms with van der Waals surface area (Å²) in [6, 6.07) is 7.89. The Hall–Kier alpha value is -3.16. The number of aryl methyl sites for hydroxylation is 1. The van der Waals surface area contributed by atoms with Crippen molar-refractivity contribution in [1.29, 1.82) is 0 Å². The Balaban J connectivity index is 1.40. The highest BCUT2D eigenvalue weighted by Gasteiger charge is 2.28. The number of carbonyl (C=O) groups excluding carboxylic acids is 1. The van der Waals surface area contributed by atoms with Gasteiger partial charge in [0.25, 0.3) is 5.71 Å². The number of fused-ring (bicyclic) bond motifs is 1. The lowest BCUT2D eigenvalue weighted by Gasteiger charge is -2.33. The largest absolute Gasteiger partial charge is 0.496 e. The number of anilines is 1. The van der Waals surface area contributed by atoms with Gasteiger partial charge < -0.3 is 19.5 Å². The first-order chi connectivity index (χ1) is 14.7. The van der Waals surface area contributed by atoms with Gasteiger partial charge in [-0.2, -0.15) is 4.98 Å². The van der Waals surface area contributed by atoms with Crippen molar-refractivity contribution in [3.63, 3.8) is 0 Å². The molecule has 30 heavy (non-hydrogen) atoms. The number of carbonyl (C=O) groups is 1. The zero-order valence-electron chi connectivity index (χ0n) is 17.4. The molecule has 1 aliphatic heterocycles. The molecule has 3 heterocycles. The van der Waals surface area contributed by atoms with Gasteiger partial charge in [0.2, 0.25) is 5.91 Å². The van der Waals surface area contributed by atoms with E-state index in [0.717, 1.165) is 60.4 Å². The molecule has 1 N–H and O–H groups in total. The SMILES string of the molecule is CCc1noc2ncnc(N3CCC[C@H](C(=O)NCCc4ccccc4OC)C3)c12. The molecule has 0 bridgehead atoms. The summed E-state index contributed by atoms with van der Waals surface area (Å²) in [7, 11) is 1.66. The van der Waals surface area contributed by atoms with E-state index >= 15 is 0 Å². The second-order valence-electron chi connectivity index (χ2n) is 7.50. The maximum Gasteiger partial charge on any atom is 0.263 e. The maximum atomic E-state index is 12.8. The highest BCUT2D eigenvalue weighted by Crippen LogP contribution is 2.30. The summed E-state index contributed by atoms with van der Waals surface area (Å²) in [4.78, 5) is 23.7. The van der Waals surface area contributed by atoms with Crippen molar-refractivity contribution >= 4 is 22.8 Å². The minimum absolute atomic E-state index is 0.0774. The fourth-order valence-corrected chi connectivity index (χ4v) is 4.07. The fraction of sp³-hybridized carbons (Fsp3) is 0.455. The van der Waals surface area contributed by atoms with Crippen molar-refractivity contribution in [2.24, 2.45) is 5.92 Å². The van der Waals surface area contributed by atoms with E-state index in [1.807, 2.05) is 31.2 Å². The molecule has 1 amide bonds. The molecule has 1 aromatic carbocycles. The number of nitrogens with zero attached hydrogens (tertiary/aromatic N) is 4. The second kappa shape index (κ2) is 9.11. The molecule has 158 valence electrons. The summed E-state index contributed by atoms with van der Waals surface area (Å²) in [6.45, 7) is 4.09. The lowest BCUT2D eigenvalue weighted by atomic mass is 9.96. The lowest BCUT2D eigenvalue weighted by molar-refractivity contribution is -0.125. The van der Waals surface area contributed by atoms with E-state index in [2.05, 4.69) is 25.3 Å². The van der Waals surface area contributed by atoms with Crippen LogP contribution in [0.1, 0.15) is 31.0 Å². The summed E-state index contributed by atoms with van der Waals surface area (Å²) in [5.74, 6) is 1.67. The molecule has 0 radical (unpaired) electrons. The van der Waals surface area contributed by atoms with Gasteiger partial charge in [0.05, 0.1) is 18.7 Å². The summed E-state index contributed by atoms with van der Waals surface area (Å²) in [5.41, 5.74) is 2.44. The van der Waals surface area contributed by atoms with Gasteiger partial charge in [-0.05, 0) is 37.3 Å². The van der Waals surface area contributed by atoms with Gasteiger partial charge >= 0.3 is 0 Å². The van der Waals surface area contributed by atoms with Gasteiger partial charge in [0.1, 0.15) is 23.3 Å². The molecule has 8 heteroatoms. The molecule has 0 aliphatic carbocycles. The van der Waals surface area contributed by atoms with Crippen LogP contribution in [0.15, 0.2) is 35.1 Å². The normalized spacial score (nSPS) is 16.6. The molecule has 4 rings (SSSR count). The van der Waals surface area contributed by atoms with E-state index in [1.54, 1.807) is 7.11 Å². The van der Waals surface area contributed by atoms with Crippen LogP contribution in [0.3, 0.4) is 0 Å². The van der Waals surface area contributed by atoms with E-state index < -0.39 is 0 Å². The summed E-state index contributed by atoms with van der Waals surface area (Å²) >= 11 is 0. The zero-order valence-corrected chi connectivity index (χ0v) is 17.4. The summed E-state index contributed by atoms with van der Waals surface area (Å²) in [5, 5.41) is 8.07. The van der Waals surface area contributed by atoms with Gasteiger partial charge in [0.15, 0.2) is 0 Å². The maximum absolute atomic E-state index is 12.8. The number of nitrogens with one attached hydrogen (secondary N) is 1. The number of methoxy groups -OCH3 is 1. The molecule has 1 fully saturated rings. The molecule has 2 aromatic heterocycles. The number of piperidine rings is 1. The fourth-order valence-electron chi connectivity index (χ4n) is 4.07. The van der Waals surface area contributed by atoms with E-state index in [-0.39, 0.29) is 11.8 Å². The van der Waals surface area contributed by atoms with Gasteiger partial charge in [-0.3, -0.25) is 4.79 Å². The molecule has 0 unspecified atom stereocenters. The number of hydrogen-bond acceptors (Lipinski definition) is 7. The zero-order chi connectivity index (χ0) is 20.9. The molecule has 0 spiro atoms. The van der Waals surface area contributed by atoms with Crippen LogP contribution in [0.5, 0.6) is 5.75 Å². The highest BCUT2D eigenvalue weighted by molar-refractivity contribution is 5.88. The molecule has 1 atom stereocenters. The average Bonchev–Trinajstić information content (AvgIpc) is 3.23. The van der Waals surface area contributed by atoms with E-state index in [0.29, 0.717) is 18.8 Å². The molecular weight excluding hydrogens is 382 g/mol. The molecule has 1 aliphatic rings. The number of benzene rings is 1. The minimum Gasteiger partial charge on any atom is -0.496 e. The minimum atomic E-state index is -0.0774. The Bertz CT molecular complexity index is 1020. The van der Waals surface area contributed by atoms with Crippen LogP contribution in [0.2, 0.25) is 0 Å².